The number of aliphatic carboxylic acids is 1. The van der Waals surface area contributed by atoms with Gasteiger partial charge in [0.15, 0.2) is 0 Å². The van der Waals surface area contributed by atoms with Gasteiger partial charge in [-0.1, -0.05) is 72.8 Å². The van der Waals surface area contributed by atoms with Gasteiger partial charge in [0.25, 0.3) is 5.91 Å². The molecule has 0 bridgehead atoms. The predicted octanol–water partition coefficient (Wildman–Crippen LogP) is 5.01. The van der Waals surface area contributed by atoms with Crippen molar-refractivity contribution in [3.8, 4) is 0 Å². The SMILES string of the molecule is O=C(N[C@@H](Cc1ccc2ccc3cccc4ccc1c2c34)C(=O)O)c1ccccc1. The Labute approximate surface area is 173 Å². The minimum absolute atomic E-state index is 0.210. The van der Waals surface area contributed by atoms with Crippen molar-refractivity contribution in [2.24, 2.45) is 0 Å². The first-order chi connectivity index (χ1) is 14.6. The molecule has 0 aromatic heterocycles. The number of nitrogens with one attached hydrogen (secondary N) is 1. The Bertz CT molecular complexity index is 1380. The number of hydrogen-bond acceptors (Lipinski definition) is 2. The second kappa shape index (κ2) is 7.16. The average molecular weight is 393 g/mol. The van der Waals surface area contributed by atoms with Gasteiger partial charge in [0.2, 0.25) is 0 Å². The molecule has 0 heterocycles. The molecule has 4 heteroatoms. The van der Waals surface area contributed by atoms with E-state index in [0.717, 1.165) is 32.5 Å². The fourth-order valence-electron chi connectivity index (χ4n) is 4.22. The standard InChI is InChI=1S/C26H19NO3/c28-25(19-5-2-1-3-6-19)27-22(26(29)30)15-20-12-11-18-10-9-16-7-4-8-17-13-14-21(20)24(18)23(16)17/h1-14,22H,15H2,(H,27,28)(H,29,30)/t22-/m0/s1. The van der Waals surface area contributed by atoms with Gasteiger partial charge in [-0.05, 0) is 50.0 Å². The van der Waals surface area contributed by atoms with Crippen molar-refractivity contribution in [1.82, 2.24) is 5.32 Å². The zero-order chi connectivity index (χ0) is 20.7. The number of benzene rings is 5. The van der Waals surface area contributed by atoms with Crippen LogP contribution in [0.4, 0.5) is 0 Å². The topological polar surface area (TPSA) is 66.4 Å². The number of carbonyl (C=O) groups excluding carboxylic acids is 1. The highest BCUT2D eigenvalue weighted by Gasteiger charge is 2.22. The highest BCUT2D eigenvalue weighted by Crippen LogP contribution is 2.36. The van der Waals surface area contributed by atoms with Crippen LogP contribution >= 0.6 is 0 Å². The molecule has 4 nitrogen and oxygen atoms in total. The third kappa shape index (κ3) is 3.03. The number of carboxylic acids is 1. The molecule has 0 aliphatic rings. The van der Waals surface area contributed by atoms with Crippen LogP contribution < -0.4 is 5.32 Å². The maximum atomic E-state index is 12.5. The molecule has 0 saturated heterocycles. The lowest BCUT2D eigenvalue weighted by molar-refractivity contribution is -0.139. The molecule has 5 aromatic carbocycles. The average Bonchev–Trinajstić information content (AvgIpc) is 2.78. The van der Waals surface area contributed by atoms with E-state index in [4.69, 9.17) is 0 Å². The third-order valence-electron chi connectivity index (χ3n) is 5.68. The maximum absolute atomic E-state index is 12.5. The zero-order valence-corrected chi connectivity index (χ0v) is 16.1. The molecule has 0 fully saturated rings. The van der Waals surface area contributed by atoms with Crippen LogP contribution in [-0.2, 0) is 11.2 Å². The van der Waals surface area contributed by atoms with E-state index in [1.807, 2.05) is 24.3 Å². The molecule has 0 aliphatic carbocycles. The molecule has 2 N–H and O–H groups in total. The first-order valence-electron chi connectivity index (χ1n) is 9.86. The van der Waals surface area contributed by atoms with Gasteiger partial charge in [0, 0.05) is 12.0 Å². The Kier molecular flexibility index (Phi) is 4.32. The Morgan fingerprint density at radius 3 is 2.07 bits per heavy atom. The van der Waals surface area contributed by atoms with Gasteiger partial charge in [0.05, 0.1) is 0 Å². The summed E-state index contributed by atoms with van der Waals surface area (Å²) >= 11 is 0. The highest BCUT2D eigenvalue weighted by molar-refractivity contribution is 6.23. The molecule has 30 heavy (non-hydrogen) atoms. The van der Waals surface area contributed by atoms with Crippen LogP contribution in [0.1, 0.15) is 15.9 Å². The molecule has 0 saturated carbocycles. The lowest BCUT2D eigenvalue weighted by atomic mass is 9.90. The van der Waals surface area contributed by atoms with Crippen molar-refractivity contribution in [2.75, 3.05) is 0 Å². The highest BCUT2D eigenvalue weighted by atomic mass is 16.4. The van der Waals surface area contributed by atoms with Gasteiger partial charge >= 0.3 is 5.97 Å². The lowest BCUT2D eigenvalue weighted by Gasteiger charge is -2.18. The van der Waals surface area contributed by atoms with Crippen LogP contribution in [-0.4, -0.2) is 23.0 Å². The van der Waals surface area contributed by atoms with Crippen LogP contribution in [0.2, 0.25) is 0 Å². The van der Waals surface area contributed by atoms with E-state index in [1.165, 1.54) is 5.39 Å². The summed E-state index contributed by atoms with van der Waals surface area (Å²) < 4.78 is 0. The molecule has 0 spiro atoms. The molecule has 146 valence electrons. The molecule has 1 amide bonds. The minimum atomic E-state index is -1.05. The van der Waals surface area contributed by atoms with Crippen LogP contribution in [0.15, 0.2) is 84.9 Å². The van der Waals surface area contributed by atoms with Gasteiger partial charge in [-0.15, -0.1) is 0 Å². The van der Waals surface area contributed by atoms with Gasteiger partial charge in [-0.2, -0.15) is 0 Å². The van der Waals surface area contributed by atoms with E-state index in [1.54, 1.807) is 24.3 Å². The smallest absolute Gasteiger partial charge is 0.326 e. The van der Waals surface area contributed by atoms with Gasteiger partial charge < -0.3 is 10.4 Å². The quantitative estimate of drug-likeness (QED) is 0.413. The molecular weight excluding hydrogens is 374 g/mol. The Morgan fingerprint density at radius 2 is 1.37 bits per heavy atom. The monoisotopic (exact) mass is 393 g/mol. The van der Waals surface area contributed by atoms with Crippen LogP contribution in [0.25, 0.3) is 32.3 Å². The van der Waals surface area contributed by atoms with E-state index in [2.05, 4.69) is 41.7 Å². The van der Waals surface area contributed by atoms with Crippen LogP contribution in [0.5, 0.6) is 0 Å². The van der Waals surface area contributed by atoms with Crippen molar-refractivity contribution in [1.29, 1.82) is 0 Å². The van der Waals surface area contributed by atoms with E-state index in [9.17, 15) is 14.7 Å². The summed E-state index contributed by atoms with van der Waals surface area (Å²) in [5, 5.41) is 19.2. The number of rotatable bonds is 5. The minimum Gasteiger partial charge on any atom is -0.480 e. The molecule has 1 atom stereocenters. The van der Waals surface area contributed by atoms with E-state index >= 15 is 0 Å². The normalized spacial score (nSPS) is 12.4. The zero-order valence-electron chi connectivity index (χ0n) is 16.1. The summed E-state index contributed by atoms with van der Waals surface area (Å²) in [6.07, 6.45) is 0.210. The van der Waals surface area contributed by atoms with Crippen molar-refractivity contribution in [3.63, 3.8) is 0 Å². The van der Waals surface area contributed by atoms with Crippen molar-refractivity contribution < 1.29 is 14.7 Å². The summed E-state index contributed by atoms with van der Waals surface area (Å²) in [6, 6.07) is 26.2. The molecular formula is C26H19NO3. The third-order valence-corrected chi connectivity index (χ3v) is 5.68. The van der Waals surface area contributed by atoms with E-state index in [0.29, 0.717) is 5.56 Å². The number of hydrogen-bond donors (Lipinski definition) is 2. The lowest BCUT2D eigenvalue weighted by Crippen LogP contribution is -2.42. The molecule has 0 radical (unpaired) electrons. The molecule has 0 unspecified atom stereocenters. The van der Waals surface area contributed by atoms with Crippen LogP contribution in [0.3, 0.4) is 0 Å². The summed E-state index contributed by atoms with van der Waals surface area (Å²) in [6.45, 7) is 0. The van der Waals surface area contributed by atoms with Crippen LogP contribution in [0, 0.1) is 0 Å². The maximum Gasteiger partial charge on any atom is 0.326 e. The Balaban J connectivity index is 1.56. The van der Waals surface area contributed by atoms with E-state index in [-0.39, 0.29) is 12.3 Å². The first kappa shape index (κ1) is 18.1. The number of carbonyl (C=O) groups is 2. The number of amides is 1. The summed E-state index contributed by atoms with van der Waals surface area (Å²) in [4.78, 5) is 24.4. The second-order valence-corrected chi connectivity index (χ2v) is 7.52. The first-order valence-corrected chi connectivity index (χ1v) is 9.86. The summed E-state index contributed by atoms with van der Waals surface area (Å²) in [5.41, 5.74) is 1.35. The van der Waals surface area contributed by atoms with E-state index < -0.39 is 12.0 Å². The Hall–Kier alpha value is -3.92. The molecule has 5 rings (SSSR count). The van der Waals surface area contributed by atoms with Crippen molar-refractivity contribution >= 4 is 44.2 Å². The molecule has 5 aromatic rings. The second-order valence-electron chi connectivity index (χ2n) is 7.52. The fraction of sp³-hybridized carbons (Fsp3) is 0.0769. The van der Waals surface area contributed by atoms with Gasteiger partial charge in [-0.25, -0.2) is 4.79 Å². The van der Waals surface area contributed by atoms with Gasteiger partial charge in [0.1, 0.15) is 6.04 Å². The van der Waals surface area contributed by atoms with Gasteiger partial charge in [-0.3, -0.25) is 4.79 Å². The van der Waals surface area contributed by atoms with Crippen molar-refractivity contribution in [2.45, 2.75) is 12.5 Å². The Morgan fingerprint density at radius 1 is 0.733 bits per heavy atom. The summed E-state index contributed by atoms with van der Waals surface area (Å²) in [5.74, 6) is -1.44. The largest absolute Gasteiger partial charge is 0.480 e. The summed E-state index contributed by atoms with van der Waals surface area (Å²) in [7, 11) is 0. The fourth-order valence-corrected chi connectivity index (χ4v) is 4.22. The molecule has 0 aliphatic heterocycles. The number of carboxylic acid groups (broad SMARTS) is 1. The van der Waals surface area contributed by atoms with Crippen molar-refractivity contribution in [3.05, 3.63) is 96.1 Å². The predicted molar refractivity (Wildman–Crippen MR) is 119 cm³/mol.